The van der Waals surface area contributed by atoms with Gasteiger partial charge < -0.3 is 5.32 Å². The summed E-state index contributed by atoms with van der Waals surface area (Å²) in [6.45, 7) is 1.67. The molecule has 0 bridgehead atoms. The zero-order valence-corrected chi connectivity index (χ0v) is 11.4. The summed E-state index contributed by atoms with van der Waals surface area (Å²) < 4.78 is 26.7. The molecule has 100 valence electrons. The number of rotatable bonds is 4. The van der Waals surface area contributed by atoms with Gasteiger partial charge in [-0.05, 0) is 19.1 Å². The average Bonchev–Trinajstić information content (AvgIpc) is 2.85. The standard InChI is InChI=1S/C11H9F2N3OS2/c1-6(19-11-16-14-5-18-11)10(17)15-9-3-2-7(12)4-8(9)13/h2-6H,1H3,(H,15,17). The summed E-state index contributed by atoms with van der Waals surface area (Å²) in [5, 5.41) is 9.40. The molecule has 1 atom stereocenters. The molecule has 1 aromatic carbocycles. The second-order valence-electron chi connectivity index (χ2n) is 3.58. The van der Waals surface area contributed by atoms with Gasteiger partial charge in [-0.3, -0.25) is 4.79 Å². The largest absolute Gasteiger partial charge is 0.323 e. The third-order valence-corrected chi connectivity index (χ3v) is 4.09. The van der Waals surface area contributed by atoms with Crippen molar-refractivity contribution in [3.8, 4) is 0 Å². The molecule has 8 heteroatoms. The van der Waals surface area contributed by atoms with Gasteiger partial charge in [0.15, 0.2) is 4.34 Å². The molecule has 1 amide bonds. The fraction of sp³-hybridized carbons (Fsp3) is 0.182. The van der Waals surface area contributed by atoms with E-state index in [2.05, 4.69) is 15.5 Å². The van der Waals surface area contributed by atoms with Crippen LogP contribution >= 0.6 is 23.1 Å². The molecule has 4 nitrogen and oxygen atoms in total. The molecule has 1 N–H and O–H groups in total. The first kappa shape index (κ1) is 13.9. The summed E-state index contributed by atoms with van der Waals surface area (Å²) >= 11 is 2.54. The number of nitrogens with one attached hydrogen (secondary N) is 1. The lowest BCUT2D eigenvalue weighted by Gasteiger charge is -2.10. The zero-order chi connectivity index (χ0) is 13.8. The van der Waals surface area contributed by atoms with Crippen LogP contribution in [0.1, 0.15) is 6.92 Å². The van der Waals surface area contributed by atoms with Crippen molar-refractivity contribution < 1.29 is 13.6 Å². The van der Waals surface area contributed by atoms with Crippen LogP contribution in [-0.2, 0) is 4.79 Å². The van der Waals surface area contributed by atoms with Crippen molar-refractivity contribution in [2.24, 2.45) is 0 Å². The Kier molecular flexibility index (Phi) is 4.43. The fourth-order valence-corrected chi connectivity index (χ4v) is 2.87. The van der Waals surface area contributed by atoms with E-state index in [1.54, 1.807) is 12.4 Å². The number of thioether (sulfide) groups is 1. The van der Waals surface area contributed by atoms with Gasteiger partial charge in [-0.2, -0.15) is 0 Å². The van der Waals surface area contributed by atoms with Crippen LogP contribution in [0.2, 0.25) is 0 Å². The second kappa shape index (κ2) is 6.07. The van der Waals surface area contributed by atoms with Gasteiger partial charge in [0.2, 0.25) is 5.91 Å². The maximum absolute atomic E-state index is 13.4. The highest BCUT2D eigenvalue weighted by atomic mass is 32.2. The number of carbonyl (C=O) groups excluding carboxylic acids is 1. The Morgan fingerprint density at radius 2 is 2.26 bits per heavy atom. The van der Waals surface area contributed by atoms with Gasteiger partial charge in [0.1, 0.15) is 17.1 Å². The third-order valence-electron chi connectivity index (χ3n) is 2.18. The molecule has 0 saturated carbocycles. The molecular formula is C11H9F2N3OS2. The minimum atomic E-state index is -0.804. The van der Waals surface area contributed by atoms with E-state index < -0.39 is 16.9 Å². The van der Waals surface area contributed by atoms with Gasteiger partial charge >= 0.3 is 0 Å². The van der Waals surface area contributed by atoms with E-state index in [9.17, 15) is 13.6 Å². The summed E-state index contributed by atoms with van der Waals surface area (Å²) in [7, 11) is 0. The number of amides is 1. The maximum atomic E-state index is 13.4. The van der Waals surface area contributed by atoms with E-state index >= 15 is 0 Å². The predicted molar refractivity (Wildman–Crippen MR) is 70.2 cm³/mol. The van der Waals surface area contributed by atoms with E-state index in [0.717, 1.165) is 12.1 Å². The topological polar surface area (TPSA) is 54.9 Å². The highest BCUT2D eigenvalue weighted by Crippen LogP contribution is 2.25. The molecule has 1 aromatic heterocycles. The van der Waals surface area contributed by atoms with Crippen LogP contribution in [0.15, 0.2) is 28.0 Å². The minimum absolute atomic E-state index is 0.0453. The highest BCUT2D eigenvalue weighted by molar-refractivity contribution is 8.02. The molecule has 0 radical (unpaired) electrons. The Morgan fingerprint density at radius 1 is 1.47 bits per heavy atom. The van der Waals surface area contributed by atoms with Crippen LogP contribution in [0.25, 0.3) is 0 Å². The lowest BCUT2D eigenvalue weighted by molar-refractivity contribution is -0.115. The van der Waals surface area contributed by atoms with E-state index in [0.29, 0.717) is 4.34 Å². The molecular weight excluding hydrogens is 292 g/mol. The molecule has 0 aliphatic rings. The predicted octanol–water partition coefficient (Wildman–Crippen LogP) is 2.94. The highest BCUT2D eigenvalue weighted by Gasteiger charge is 2.17. The molecule has 19 heavy (non-hydrogen) atoms. The van der Waals surface area contributed by atoms with Gasteiger partial charge in [0, 0.05) is 6.07 Å². The van der Waals surface area contributed by atoms with Crippen LogP contribution in [0.5, 0.6) is 0 Å². The van der Waals surface area contributed by atoms with Crippen LogP contribution in [0, 0.1) is 11.6 Å². The Morgan fingerprint density at radius 3 is 2.89 bits per heavy atom. The van der Waals surface area contributed by atoms with Crippen molar-refractivity contribution >= 4 is 34.7 Å². The smallest absolute Gasteiger partial charge is 0.237 e. The van der Waals surface area contributed by atoms with Gasteiger partial charge in [-0.15, -0.1) is 10.2 Å². The summed E-state index contributed by atoms with van der Waals surface area (Å²) in [4.78, 5) is 11.8. The first-order valence-electron chi connectivity index (χ1n) is 5.25. The van der Waals surface area contributed by atoms with Gasteiger partial charge in [0.05, 0.1) is 10.9 Å². The van der Waals surface area contributed by atoms with Gasteiger partial charge in [-0.1, -0.05) is 23.1 Å². The second-order valence-corrected chi connectivity index (χ2v) is 6.00. The van der Waals surface area contributed by atoms with E-state index in [4.69, 9.17) is 0 Å². The molecule has 1 unspecified atom stereocenters. The van der Waals surface area contributed by atoms with E-state index in [-0.39, 0.29) is 11.6 Å². The fourth-order valence-electron chi connectivity index (χ4n) is 1.24. The summed E-state index contributed by atoms with van der Waals surface area (Å²) in [5.41, 5.74) is 1.52. The first-order valence-corrected chi connectivity index (χ1v) is 7.01. The maximum Gasteiger partial charge on any atom is 0.237 e. The molecule has 0 aliphatic heterocycles. The van der Waals surface area contributed by atoms with Crippen molar-refractivity contribution in [3.05, 3.63) is 35.3 Å². The first-order chi connectivity index (χ1) is 9.06. The summed E-state index contributed by atoms with van der Waals surface area (Å²) in [5.74, 6) is -1.88. The zero-order valence-electron chi connectivity index (χ0n) is 9.76. The average molecular weight is 301 g/mol. The molecule has 0 fully saturated rings. The molecule has 0 saturated heterocycles. The molecule has 0 aliphatic carbocycles. The van der Waals surface area contributed by atoms with Crippen LogP contribution in [-0.4, -0.2) is 21.4 Å². The Hall–Kier alpha value is -1.54. The lowest BCUT2D eigenvalue weighted by atomic mass is 10.3. The Balaban J connectivity index is 2.00. The SMILES string of the molecule is CC(Sc1nncs1)C(=O)Nc1ccc(F)cc1F. The third kappa shape index (κ3) is 3.71. The van der Waals surface area contributed by atoms with Crippen LogP contribution < -0.4 is 5.32 Å². The van der Waals surface area contributed by atoms with Crippen molar-refractivity contribution in [2.45, 2.75) is 16.5 Å². The quantitative estimate of drug-likeness (QED) is 0.882. The monoisotopic (exact) mass is 301 g/mol. The lowest BCUT2D eigenvalue weighted by Crippen LogP contribution is -2.22. The number of halogens is 2. The minimum Gasteiger partial charge on any atom is -0.323 e. The number of anilines is 1. The van der Waals surface area contributed by atoms with Crippen molar-refractivity contribution in [3.63, 3.8) is 0 Å². The van der Waals surface area contributed by atoms with Crippen LogP contribution in [0.3, 0.4) is 0 Å². The summed E-state index contributed by atoms with van der Waals surface area (Å²) in [6.07, 6.45) is 0. The molecule has 1 heterocycles. The number of nitrogens with zero attached hydrogens (tertiary/aromatic N) is 2. The van der Waals surface area contributed by atoms with Gasteiger partial charge in [0.25, 0.3) is 0 Å². The molecule has 2 aromatic rings. The molecule has 2 rings (SSSR count). The number of hydrogen-bond acceptors (Lipinski definition) is 5. The van der Waals surface area contributed by atoms with Crippen molar-refractivity contribution in [2.75, 3.05) is 5.32 Å². The number of aromatic nitrogens is 2. The van der Waals surface area contributed by atoms with Crippen molar-refractivity contribution in [1.29, 1.82) is 0 Å². The van der Waals surface area contributed by atoms with E-state index in [1.807, 2.05) is 0 Å². The van der Waals surface area contributed by atoms with Crippen LogP contribution in [0.4, 0.5) is 14.5 Å². The van der Waals surface area contributed by atoms with E-state index in [1.165, 1.54) is 29.2 Å². The van der Waals surface area contributed by atoms with Gasteiger partial charge in [-0.25, -0.2) is 8.78 Å². The number of benzene rings is 1. The van der Waals surface area contributed by atoms with Crippen molar-refractivity contribution in [1.82, 2.24) is 10.2 Å². The Bertz CT molecular complexity index is 577. The normalized spacial score (nSPS) is 12.2. The summed E-state index contributed by atoms with van der Waals surface area (Å²) in [6, 6.07) is 2.99. The number of carbonyl (C=O) groups is 1. The Labute approximate surface area is 116 Å². The number of hydrogen-bond donors (Lipinski definition) is 1. The molecule has 0 spiro atoms.